The van der Waals surface area contributed by atoms with Crippen LogP contribution >= 0.6 is 15.9 Å². The number of para-hydroxylation sites is 2. The van der Waals surface area contributed by atoms with Gasteiger partial charge in [-0.2, -0.15) is 0 Å². The summed E-state index contributed by atoms with van der Waals surface area (Å²) in [6, 6.07) is 15.2. The van der Waals surface area contributed by atoms with Gasteiger partial charge >= 0.3 is 6.03 Å². The smallest absolute Gasteiger partial charge is 0.320 e. The Bertz CT molecular complexity index is 699. The third kappa shape index (κ3) is 3.09. The molecule has 2 aromatic carbocycles. The fraction of sp³-hybridized carbons (Fsp3) is 0.235. The van der Waals surface area contributed by atoms with Crippen LogP contribution in [0.4, 0.5) is 10.5 Å². The van der Waals surface area contributed by atoms with Gasteiger partial charge in [0.05, 0.1) is 18.3 Å². The second-order valence-corrected chi connectivity index (χ2v) is 6.29. The molecule has 0 radical (unpaired) electrons. The van der Waals surface area contributed by atoms with Crippen LogP contribution in [0.2, 0.25) is 0 Å². The lowest BCUT2D eigenvalue weighted by Gasteiger charge is -2.19. The van der Waals surface area contributed by atoms with Crippen molar-refractivity contribution in [3.8, 4) is 5.75 Å². The molecule has 4 nitrogen and oxygen atoms in total. The molecule has 1 saturated carbocycles. The maximum atomic E-state index is 12.3. The van der Waals surface area contributed by atoms with E-state index in [4.69, 9.17) is 4.74 Å². The van der Waals surface area contributed by atoms with Crippen molar-refractivity contribution in [3.05, 3.63) is 58.6 Å². The summed E-state index contributed by atoms with van der Waals surface area (Å²) in [5.74, 6) is 0.643. The van der Waals surface area contributed by atoms with Crippen molar-refractivity contribution in [1.29, 1.82) is 0 Å². The predicted molar refractivity (Wildman–Crippen MR) is 90.2 cm³/mol. The SMILES string of the molecule is COc1ccccc1NC(=O)NC1(c2cccc(Br)c2)CC1. The number of rotatable bonds is 4. The van der Waals surface area contributed by atoms with Crippen molar-refractivity contribution in [2.45, 2.75) is 18.4 Å². The van der Waals surface area contributed by atoms with E-state index in [2.05, 4.69) is 32.6 Å². The van der Waals surface area contributed by atoms with Crippen molar-refractivity contribution in [1.82, 2.24) is 5.32 Å². The largest absolute Gasteiger partial charge is 0.495 e. The van der Waals surface area contributed by atoms with Crippen molar-refractivity contribution < 1.29 is 9.53 Å². The number of carbonyl (C=O) groups is 1. The zero-order valence-electron chi connectivity index (χ0n) is 12.2. The zero-order valence-corrected chi connectivity index (χ0v) is 13.8. The first-order valence-electron chi connectivity index (χ1n) is 7.11. The van der Waals surface area contributed by atoms with E-state index in [9.17, 15) is 4.79 Å². The van der Waals surface area contributed by atoms with E-state index in [1.54, 1.807) is 7.11 Å². The number of halogens is 1. The molecule has 0 heterocycles. The average Bonchev–Trinajstić information content (AvgIpc) is 3.28. The lowest BCUT2D eigenvalue weighted by atomic mass is 10.1. The molecule has 1 aliphatic rings. The minimum Gasteiger partial charge on any atom is -0.495 e. The Balaban J connectivity index is 1.72. The van der Waals surface area contributed by atoms with E-state index in [1.165, 1.54) is 0 Å². The predicted octanol–water partition coefficient (Wildman–Crippen LogP) is 4.27. The van der Waals surface area contributed by atoms with E-state index in [-0.39, 0.29) is 11.6 Å². The van der Waals surface area contributed by atoms with Gasteiger partial charge < -0.3 is 15.4 Å². The lowest BCUT2D eigenvalue weighted by Crippen LogP contribution is -2.38. The summed E-state index contributed by atoms with van der Waals surface area (Å²) >= 11 is 3.48. The first-order chi connectivity index (χ1) is 10.6. The molecule has 22 heavy (non-hydrogen) atoms. The molecule has 0 spiro atoms. The molecule has 0 atom stereocenters. The van der Waals surface area contributed by atoms with Crippen molar-refractivity contribution in [3.63, 3.8) is 0 Å². The normalized spacial score (nSPS) is 15.0. The van der Waals surface area contributed by atoms with Gasteiger partial charge in [0.25, 0.3) is 0 Å². The van der Waals surface area contributed by atoms with E-state index >= 15 is 0 Å². The van der Waals surface area contributed by atoms with Crippen LogP contribution in [0.5, 0.6) is 5.75 Å². The van der Waals surface area contributed by atoms with Crippen LogP contribution in [-0.4, -0.2) is 13.1 Å². The highest BCUT2D eigenvalue weighted by molar-refractivity contribution is 9.10. The summed E-state index contributed by atoms with van der Waals surface area (Å²) in [6.07, 6.45) is 1.89. The Morgan fingerprint density at radius 1 is 1.18 bits per heavy atom. The van der Waals surface area contributed by atoms with E-state index in [0.717, 1.165) is 22.9 Å². The van der Waals surface area contributed by atoms with Gasteiger partial charge in [0, 0.05) is 4.47 Å². The first kappa shape index (κ1) is 14.9. The van der Waals surface area contributed by atoms with Gasteiger partial charge in [-0.15, -0.1) is 0 Å². The summed E-state index contributed by atoms with van der Waals surface area (Å²) in [7, 11) is 1.59. The molecule has 0 unspecified atom stereocenters. The number of carbonyl (C=O) groups excluding carboxylic acids is 1. The van der Waals surface area contributed by atoms with Crippen molar-refractivity contribution in [2.75, 3.05) is 12.4 Å². The highest BCUT2D eigenvalue weighted by atomic mass is 79.9. The van der Waals surface area contributed by atoms with Gasteiger partial charge in [-0.05, 0) is 42.7 Å². The molecule has 5 heteroatoms. The summed E-state index contributed by atoms with van der Waals surface area (Å²) in [4.78, 5) is 12.3. The Morgan fingerprint density at radius 2 is 1.95 bits per heavy atom. The Morgan fingerprint density at radius 3 is 2.64 bits per heavy atom. The molecule has 1 aliphatic carbocycles. The van der Waals surface area contributed by atoms with E-state index in [0.29, 0.717) is 11.4 Å². The zero-order chi connectivity index (χ0) is 15.6. The summed E-state index contributed by atoms with van der Waals surface area (Å²) in [5.41, 5.74) is 1.53. The van der Waals surface area contributed by atoms with Crippen LogP contribution in [0.3, 0.4) is 0 Å². The van der Waals surface area contributed by atoms with Gasteiger partial charge in [-0.25, -0.2) is 4.79 Å². The summed E-state index contributed by atoms with van der Waals surface area (Å²) < 4.78 is 6.26. The second-order valence-electron chi connectivity index (χ2n) is 5.37. The minimum absolute atomic E-state index is 0.220. The number of urea groups is 1. The van der Waals surface area contributed by atoms with Crippen LogP contribution in [-0.2, 0) is 5.54 Å². The van der Waals surface area contributed by atoms with Crippen molar-refractivity contribution >= 4 is 27.6 Å². The number of nitrogens with one attached hydrogen (secondary N) is 2. The number of hydrogen-bond acceptors (Lipinski definition) is 2. The van der Waals surface area contributed by atoms with Gasteiger partial charge in [0.1, 0.15) is 5.75 Å². The molecule has 3 rings (SSSR count). The molecular formula is C17H17BrN2O2. The number of benzene rings is 2. The van der Waals surface area contributed by atoms with Crippen LogP contribution < -0.4 is 15.4 Å². The van der Waals surface area contributed by atoms with Crippen molar-refractivity contribution in [2.24, 2.45) is 0 Å². The molecule has 2 amide bonds. The molecule has 2 aromatic rings. The third-order valence-corrected chi connectivity index (χ3v) is 4.33. The van der Waals surface area contributed by atoms with Crippen LogP contribution in [0.1, 0.15) is 18.4 Å². The second kappa shape index (κ2) is 6.01. The van der Waals surface area contributed by atoms with E-state index < -0.39 is 0 Å². The van der Waals surface area contributed by atoms with Crippen LogP contribution in [0, 0.1) is 0 Å². The molecule has 114 valence electrons. The average molecular weight is 361 g/mol. The topological polar surface area (TPSA) is 50.4 Å². The van der Waals surface area contributed by atoms with Gasteiger partial charge in [0.2, 0.25) is 0 Å². The lowest BCUT2D eigenvalue weighted by molar-refractivity contribution is 0.247. The van der Waals surface area contributed by atoms with Gasteiger partial charge in [-0.1, -0.05) is 40.2 Å². The molecule has 1 fully saturated rings. The van der Waals surface area contributed by atoms with Gasteiger partial charge in [0.15, 0.2) is 0 Å². The molecule has 0 aliphatic heterocycles. The number of ether oxygens (including phenoxy) is 1. The molecule has 0 bridgehead atoms. The minimum atomic E-state index is -0.254. The highest BCUT2D eigenvalue weighted by Gasteiger charge is 2.45. The number of amides is 2. The molecular weight excluding hydrogens is 344 g/mol. The fourth-order valence-corrected chi connectivity index (χ4v) is 2.92. The number of hydrogen-bond donors (Lipinski definition) is 2. The van der Waals surface area contributed by atoms with E-state index in [1.807, 2.05) is 42.5 Å². The fourth-order valence-electron chi connectivity index (χ4n) is 2.52. The highest BCUT2D eigenvalue weighted by Crippen LogP contribution is 2.46. The van der Waals surface area contributed by atoms with Crippen LogP contribution in [0.15, 0.2) is 53.0 Å². The first-order valence-corrected chi connectivity index (χ1v) is 7.90. The summed E-state index contributed by atoms with van der Waals surface area (Å²) in [5, 5.41) is 5.94. The Kier molecular flexibility index (Phi) is 4.07. The molecule has 0 aromatic heterocycles. The monoisotopic (exact) mass is 360 g/mol. The van der Waals surface area contributed by atoms with Gasteiger partial charge in [-0.3, -0.25) is 0 Å². The molecule has 2 N–H and O–H groups in total. The third-order valence-electron chi connectivity index (χ3n) is 3.84. The Labute approximate surface area is 138 Å². The maximum Gasteiger partial charge on any atom is 0.320 e. The maximum absolute atomic E-state index is 12.3. The standard InChI is InChI=1S/C17H17BrN2O2/c1-22-15-8-3-2-7-14(15)19-16(21)20-17(9-10-17)12-5-4-6-13(18)11-12/h2-8,11H,9-10H2,1H3,(H2,19,20,21). The number of anilines is 1. The Hall–Kier alpha value is -2.01. The summed E-state index contributed by atoms with van der Waals surface area (Å²) in [6.45, 7) is 0. The quantitative estimate of drug-likeness (QED) is 0.855. The molecule has 0 saturated heterocycles. The van der Waals surface area contributed by atoms with Crippen LogP contribution in [0.25, 0.3) is 0 Å². The number of methoxy groups -OCH3 is 1.